The molecule has 0 aliphatic carbocycles. The van der Waals surface area contributed by atoms with Crippen molar-refractivity contribution in [2.24, 2.45) is 0 Å². The molecule has 0 spiro atoms. The van der Waals surface area contributed by atoms with Crippen molar-refractivity contribution < 1.29 is 0 Å². The maximum Gasteiger partial charge on any atom is 0.0900 e. The maximum absolute atomic E-state index is 4.56. The summed E-state index contributed by atoms with van der Waals surface area (Å²) < 4.78 is 0. The van der Waals surface area contributed by atoms with Crippen LogP contribution in [-0.2, 0) is 0 Å². The normalized spacial score (nSPS) is 12.8. The van der Waals surface area contributed by atoms with Crippen LogP contribution in [0.15, 0.2) is 42.5 Å². The predicted molar refractivity (Wildman–Crippen MR) is 86.4 cm³/mol. The number of nitrogens with zero attached hydrogens (tertiary/aromatic N) is 1. The molecule has 0 amide bonds. The summed E-state index contributed by atoms with van der Waals surface area (Å²) >= 11 is 1.78. The lowest BCUT2D eigenvalue weighted by Gasteiger charge is -2.18. The molecular weight excluding hydrogens is 264 g/mol. The topological polar surface area (TPSA) is 24.9 Å². The van der Waals surface area contributed by atoms with Crippen LogP contribution in [0.3, 0.4) is 0 Å². The van der Waals surface area contributed by atoms with Gasteiger partial charge in [-0.05, 0) is 37.2 Å². The fourth-order valence-corrected chi connectivity index (χ4v) is 3.80. The van der Waals surface area contributed by atoms with Gasteiger partial charge in [0.15, 0.2) is 0 Å². The van der Waals surface area contributed by atoms with Crippen LogP contribution in [-0.4, -0.2) is 12.0 Å². The van der Waals surface area contributed by atoms with Crippen LogP contribution in [0, 0.1) is 13.8 Å². The van der Waals surface area contributed by atoms with E-state index in [2.05, 4.69) is 66.6 Å². The average molecular weight is 282 g/mol. The Morgan fingerprint density at radius 2 is 1.80 bits per heavy atom. The minimum absolute atomic E-state index is 0.201. The first-order chi connectivity index (χ1) is 9.70. The van der Waals surface area contributed by atoms with Crippen LogP contribution < -0.4 is 5.32 Å². The van der Waals surface area contributed by atoms with E-state index in [4.69, 9.17) is 0 Å². The zero-order valence-corrected chi connectivity index (χ0v) is 12.8. The molecule has 0 aliphatic rings. The first-order valence-corrected chi connectivity index (χ1v) is 7.61. The SMILES string of the molecule is CNC(c1sc(C)nc1C)c1cccc2ccccc12. The van der Waals surface area contributed by atoms with Gasteiger partial charge in [0.05, 0.1) is 16.7 Å². The standard InChI is InChI=1S/C17H18N2S/c1-11-17(20-12(2)19-11)16(18-3)15-10-6-8-13-7-4-5-9-14(13)15/h4-10,16,18H,1-3H3. The van der Waals surface area contributed by atoms with Gasteiger partial charge in [-0.15, -0.1) is 11.3 Å². The molecular formula is C17H18N2S. The Labute approximate surface area is 123 Å². The van der Waals surface area contributed by atoms with Gasteiger partial charge in [-0.1, -0.05) is 42.5 Å². The van der Waals surface area contributed by atoms with Crippen LogP contribution >= 0.6 is 11.3 Å². The van der Waals surface area contributed by atoms with E-state index < -0.39 is 0 Å². The summed E-state index contributed by atoms with van der Waals surface area (Å²) in [4.78, 5) is 5.87. The molecule has 0 fully saturated rings. The van der Waals surface area contributed by atoms with Crippen LogP contribution in [0.2, 0.25) is 0 Å². The molecule has 3 aromatic rings. The monoisotopic (exact) mass is 282 g/mol. The number of rotatable bonds is 3. The molecule has 0 bridgehead atoms. The Balaban J connectivity index is 2.19. The number of hydrogen-bond donors (Lipinski definition) is 1. The Hall–Kier alpha value is -1.71. The van der Waals surface area contributed by atoms with Gasteiger partial charge in [-0.2, -0.15) is 0 Å². The minimum atomic E-state index is 0.201. The van der Waals surface area contributed by atoms with Crippen molar-refractivity contribution in [3.63, 3.8) is 0 Å². The van der Waals surface area contributed by atoms with Crippen molar-refractivity contribution in [1.29, 1.82) is 0 Å². The van der Waals surface area contributed by atoms with Gasteiger partial charge in [0, 0.05) is 4.88 Å². The van der Waals surface area contributed by atoms with E-state index in [1.807, 2.05) is 7.05 Å². The number of hydrogen-bond acceptors (Lipinski definition) is 3. The molecule has 102 valence electrons. The largest absolute Gasteiger partial charge is 0.309 e. The summed E-state index contributed by atoms with van der Waals surface area (Å²) in [5.74, 6) is 0. The van der Waals surface area contributed by atoms with E-state index in [1.54, 1.807) is 11.3 Å². The lowest BCUT2D eigenvalue weighted by atomic mass is 9.97. The molecule has 2 nitrogen and oxygen atoms in total. The van der Waals surface area contributed by atoms with Gasteiger partial charge >= 0.3 is 0 Å². The zero-order chi connectivity index (χ0) is 14.1. The smallest absolute Gasteiger partial charge is 0.0900 e. The van der Waals surface area contributed by atoms with Gasteiger partial charge in [0.25, 0.3) is 0 Å². The van der Waals surface area contributed by atoms with Crippen molar-refractivity contribution in [1.82, 2.24) is 10.3 Å². The number of thiazole rings is 1. The van der Waals surface area contributed by atoms with Crippen molar-refractivity contribution >= 4 is 22.1 Å². The molecule has 3 rings (SSSR count). The summed E-state index contributed by atoms with van der Waals surface area (Å²) in [7, 11) is 2.01. The molecule has 0 saturated heterocycles. The Morgan fingerprint density at radius 1 is 1.05 bits per heavy atom. The van der Waals surface area contributed by atoms with Crippen LogP contribution in [0.25, 0.3) is 10.8 Å². The van der Waals surface area contributed by atoms with E-state index in [-0.39, 0.29) is 6.04 Å². The minimum Gasteiger partial charge on any atom is -0.309 e. The summed E-state index contributed by atoms with van der Waals surface area (Å²) in [6, 6.07) is 15.2. The second-order valence-electron chi connectivity index (χ2n) is 4.97. The summed E-state index contributed by atoms with van der Waals surface area (Å²) in [6.45, 7) is 4.16. The third-order valence-corrected chi connectivity index (χ3v) is 4.76. The van der Waals surface area contributed by atoms with Crippen LogP contribution in [0.5, 0.6) is 0 Å². The summed E-state index contributed by atoms with van der Waals surface area (Å²) in [5.41, 5.74) is 2.44. The second kappa shape index (κ2) is 5.35. The Kier molecular flexibility index (Phi) is 3.55. The van der Waals surface area contributed by atoms with Crippen molar-refractivity contribution in [2.75, 3.05) is 7.05 Å². The quantitative estimate of drug-likeness (QED) is 0.778. The van der Waals surface area contributed by atoms with E-state index in [0.29, 0.717) is 0 Å². The average Bonchev–Trinajstić information content (AvgIpc) is 2.79. The molecule has 1 aromatic heterocycles. The molecule has 1 heterocycles. The molecule has 2 aromatic carbocycles. The predicted octanol–water partition coefficient (Wildman–Crippen LogP) is 4.22. The van der Waals surface area contributed by atoms with Gasteiger partial charge < -0.3 is 5.32 Å². The molecule has 1 unspecified atom stereocenters. The number of nitrogens with one attached hydrogen (secondary N) is 1. The number of benzene rings is 2. The Morgan fingerprint density at radius 3 is 2.50 bits per heavy atom. The fraction of sp³-hybridized carbons (Fsp3) is 0.235. The van der Waals surface area contributed by atoms with E-state index >= 15 is 0 Å². The lowest BCUT2D eigenvalue weighted by Crippen LogP contribution is -2.17. The second-order valence-corrected chi connectivity index (χ2v) is 6.21. The summed E-state index contributed by atoms with van der Waals surface area (Å²) in [6.07, 6.45) is 0. The third-order valence-electron chi connectivity index (χ3n) is 3.62. The summed E-state index contributed by atoms with van der Waals surface area (Å²) in [5, 5.41) is 7.16. The van der Waals surface area contributed by atoms with Crippen molar-refractivity contribution in [2.45, 2.75) is 19.9 Å². The Bertz CT molecular complexity index is 740. The van der Waals surface area contributed by atoms with Crippen LogP contribution in [0.1, 0.15) is 27.2 Å². The molecule has 0 aliphatic heterocycles. The third kappa shape index (κ3) is 2.23. The number of fused-ring (bicyclic) bond motifs is 1. The molecule has 20 heavy (non-hydrogen) atoms. The maximum atomic E-state index is 4.56. The van der Waals surface area contributed by atoms with E-state index in [1.165, 1.54) is 21.2 Å². The molecule has 0 radical (unpaired) electrons. The fourth-order valence-electron chi connectivity index (χ4n) is 2.74. The highest BCUT2D eigenvalue weighted by Gasteiger charge is 2.19. The number of aromatic nitrogens is 1. The van der Waals surface area contributed by atoms with Gasteiger partial charge in [0.2, 0.25) is 0 Å². The first kappa shape index (κ1) is 13.3. The number of aryl methyl sites for hydroxylation is 2. The highest BCUT2D eigenvalue weighted by atomic mass is 32.1. The van der Waals surface area contributed by atoms with Gasteiger partial charge in [0.1, 0.15) is 0 Å². The van der Waals surface area contributed by atoms with E-state index in [0.717, 1.165) is 10.7 Å². The van der Waals surface area contributed by atoms with Crippen molar-refractivity contribution in [3.05, 3.63) is 63.6 Å². The highest BCUT2D eigenvalue weighted by Crippen LogP contribution is 2.33. The molecule has 1 N–H and O–H groups in total. The molecule has 3 heteroatoms. The van der Waals surface area contributed by atoms with Crippen LogP contribution in [0.4, 0.5) is 0 Å². The lowest BCUT2D eigenvalue weighted by molar-refractivity contribution is 0.703. The van der Waals surface area contributed by atoms with Gasteiger partial charge in [-0.3, -0.25) is 0 Å². The van der Waals surface area contributed by atoms with Gasteiger partial charge in [-0.25, -0.2) is 4.98 Å². The molecule has 1 atom stereocenters. The molecule has 0 saturated carbocycles. The van der Waals surface area contributed by atoms with Crippen molar-refractivity contribution in [3.8, 4) is 0 Å². The first-order valence-electron chi connectivity index (χ1n) is 6.79. The highest BCUT2D eigenvalue weighted by molar-refractivity contribution is 7.11. The van der Waals surface area contributed by atoms with E-state index in [9.17, 15) is 0 Å². The zero-order valence-electron chi connectivity index (χ0n) is 12.0.